The molecule has 1 aliphatic rings. The number of nitrogens with one attached hydrogen (secondary N) is 1. The molecule has 8 heteroatoms. The largest absolute Gasteiger partial charge is 0.390 e. The average Bonchev–Trinajstić information content (AvgIpc) is 3.14. The minimum absolute atomic E-state index is 0.0570. The van der Waals surface area contributed by atoms with E-state index in [0.717, 1.165) is 10.5 Å². The highest BCUT2D eigenvalue weighted by Crippen LogP contribution is 2.35. The summed E-state index contributed by atoms with van der Waals surface area (Å²) >= 11 is 7.22. The van der Waals surface area contributed by atoms with Crippen LogP contribution in [-0.2, 0) is 16.9 Å². The van der Waals surface area contributed by atoms with Gasteiger partial charge in [0.05, 0.1) is 17.0 Å². The van der Waals surface area contributed by atoms with Gasteiger partial charge >= 0.3 is 6.03 Å². The van der Waals surface area contributed by atoms with E-state index in [4.69, 9.17) is 11.6 Å². The van der Waals surface area contributed by atoms with E-state index < -0.39 is 17.7 Å². The van der Waals surface area contributed by atoms with Crippen molar-refractivity contribution in [2.75, 3.05) is 20.1 Å². The molecular formula is C19H22ClN3O3S. The molecule has 2 atom stereocenters. The Kier molecular flexibility index (Phi) is 5.86. The third-order valence-corrected chi connectivity index (χ3v) is 6.00. The second-order valence-corrected chi connectivity index (χ2v) is 8.63. The van der Waals surface area contributed by atoms with Crippen LogP contribution < -0.4 is 5.32 Å². The Morgan fingerprint density at radius 3 is 2.59 bits per heavy atom. The zero-order valence-corrected chi connectivity index (χ0v) is 16.8. The zero-order valence-electron chi connectivity index (χ0n) is 15.2. The smallest absolute Gasteiger partial charge is 0.325 e. The third kappa shape index (κ3) is 4.32. The van der Waals surface area contributed by atoms with Crippen molar-refractivity contribution in [2.45, 2.75) is 25.1 Å². The second kappa shape index (κ2) is 7.98. The number of rotatable bonds is 7. The molecule has 0 bridgehead atoms. The number of carbonyl (C=O) groups excluding carboxylic acids is 2. The predicted molar refractivity (Wildman–Crippen MR) is 106 cm³/mol. The molecule has 2 unspecified atom stereocenters. The Morgan fingerprint density at radius 1 is 1.26 bits per heavy atom. The molecule has 3 rings (SSSR count). The minimum atomic E-state index is -1.15. The van der Waals surface area contributed by atoms with Crippen molar-refractivity contribution in [3.05, 3.63) is 57.2 Å². The van der Waals surface area contributed by atoms with Crippen molar-refractivity contribution < 1.29 is 14.7 Å². The van der Waals surface area contributed by atoms with Crippen LogP contribution in [-0.4, -0.2) is 53.1 Å². The lowest BCUT2D eigenvalue weighted by molar-refractivity contribution is -0.132. The second-order valence-electron chi connectivity index (χ2n) is 6.91. The molecule has 0 saturated carbocycles. The van der Waals surface area contributed by atoms with Crippen molar-refractivity contribution in [2.24, 2.45) is 0 Å². The molecule has 2 N–H and O–H groups in total. The first-order chi connectivity index (χ1) is 12.8. The molecule has 1 aromatic carbocycles. The van der Waals surface area contributed by atoms with Crippen LogP contribution in [0, 0.1) is 0 Å². The van der Waals surface area contributed by atoms with Crippen LogP contribution in [0.15, 0.2) is 42.5 Å². The first-order valence-corrected chi connectivity index (χ1v) is 9.79. The monoisotopic (exact) mass is 407 g/mol. The van der Waals surface area contributed by atoms with E-state index in [1.807, 2.05) is 42.3 Å². The van der Waals surface area contributed by atoms with Gasteiger partial charge in [-0.25, -0.2) is 4.79 Å². The number of likely N-dealkylation sites (N-methyl/N-ethyl adjacent to an activating group) is 1. The molecule has 6 nitrogen and oxygen atoms in total. The maximum Gasteiger partial charge on any atom is 0.325 e. The summed E-state index contributed by atoms with van der Waals surface area (Å²) < 4.78 is 0.550. The van der Waals surface area contributed by atoms with Gasteiger partial charge in [-0.3, -0.25) is 14.6 Å². The van der Waals surface area contributed by atoms with E-state index in [9.17, 15) is 14.7 Å². The Labute approximate surface area is 167 Å². The van der Waals surface area contributed by atoms with E-state index in [1.54, 1.807) is 19.1 Å². The lowest BCUT2D eigenvalue weighted by Gasteiger charge is -2.24. The number of β-amino-alcohol motifs (C(OH)–C–C–N with tert-alkyl or cyclic N) is 1. The lowest BCUT2D eigenvalue weighted by atomic mass is 10.0. The van der Waals surface area contributed by atoms with Crippen LogP contribution in [0.5, 0.6) is 0 Å². The highest BCUT2D eigenvalue weighted by molar-refractivity contribution is 7.16. The standard InChI is InChI=1S/C19H22ClN3O3S/c1-19(15-8-9-16(20)27-15)17(25)23(18(26)21-19)12-14(24)11-22(2)10-13-6-4-3-5-7-13/h3-9,14,24H,10-12H2,1-2H3,(H,21,26). The number of benzene rings is 1. The summed E-state index contributed by atoms with van der Waals surface area (Å²) in [5, 5.41) is 13.1. The van der Waals surface area contributed by atoms with E-state index in [2.05, 4.69) is 5.32 Å². The molecule has 2 heterocycles. The summed E-state index contributed by atoms with van der Waals surface area (Å²) in [6.07, 6.45) is -0.845. The molecular weight excluding hydrogens is 386 g/mol. The summed E-state index contributed by atoms with van der Waals surface area (Å²) in [7, 11) is 1.89. The summed E-state index contributed by atoms with van der Waals surface area (Å²) in [6.45, 7) is 2.61. The molecule has 2 aromatic rings. The van der Waals surface area contributed by atoms with Crippen molar-refractivity contribution in [1.82, 2.24) is 15.1 Å². The summed E-state index contributed by atoms with van der Waals surface area (Å²) in [6, 6.07) is 12.8. The highest BCUT2D eigenvalue weighted by atomic mass is 35.5. The van der Waals surface area contributed by atoms with Gasteiger partial charge in [-0.2, -0.15) is 0 Å². The van der Waals surface area contributed by atoms with Gasteiger partial charge < -0.3 is 10.4 Å². The minimum Gasteiger partial charge on any atom is -0.390 e. The number of halogens is 1. The maximum atomic E-state index is 12.8. The number of imide groups is 1. The summed E-state index contributed by atoms with van der Waals surface area (Å²) in [5.41, 5.74) is -0.0192. The van der Waals surface area contributed by atoms with Gasteiger partial charge in [0.2, 0.25) is 0 Å². The fourth-order valence-electron chi connectivity index (χ4n) is 3.20. The van der Waals surface area contributed by atoms with E-state index >= 15 is 0 Å². The average molecular weight is 408 g/mol. The van der Waals surface area contributed by atoms with Crippen molar-refractivity contribution >= 4 is 34.9 Å². The number of amides is 3. The van der Waals surface area contributed by atoms with Gasteiger partial charge in [-0.15, -0.1) is 11.3 Å². The Balaban J connectivity index is 1.61. The van der Waals surface area contributed by atoms with Crippen molar-refractivity contribution in [3.8, 4) is 0 Å². The number of aliphatic hydroxyl groups excluding tert-OH is 1. The van der Waals surface area contributed by atoms with Crippen LogP contribution in [0.1, 0.15) is 17.4 Å². The molecule has 1 aliphatic heterocycles. The number of aliphatic hydroxyl groups is 1. The molecule has 0 spiro atoms. The SMILES string of the molecule is CN(Cc1ccccc1)CC(O)CN1C(=O)NC(C)(c2ccc(Cl)s2)C1=O. The number of hydrogen-bond donors (Lipinski definition) is 2. The van der Waals surface area contributed by atoms with E-state index in [0.29, 0.717) is 22.3 Å². The van der Waals surface area contributed by atoms with Gasteiger partial charge in [-0.05, 0) is 31.7 Å². The van der Waals surface area contributed by atoms with Gasteiger partial charge in [-0.1, -0.05) is 41.9 Å². The van der Waals surface area contributed by atoms with Crippen LogP contribution in [0.4, 0.5) is 4.79 Å². The van der Waals surface area contributed by atoms with Gasteiger partial charge in [0.15, 0.2) is 5.54 Å². The Morgan fingerprint density at radius 2 is 1.96 bits per heavy atom. The highest BCUT2D eigenvalue weighted by Gasteiger charge is 2.50. The molecule has 3 amide bonds. The van der Waals surface area contributed by atoms with Crippen molar-refractivity contribution in [3.63, 3.8) is 0 Å². The fraction of sp³-hybridized carbons (Fsp3) is 0.368. The normalized spacial score (nSPS) is 21.0. The van der Waals surface area contributed by atoms with Crippen LogP contribution in [0.2, 0.25) is 4.34 Å². The molecule has 1 aromatic heterocycles. The molecule has 0 radical (unpaired) electrons. The van der Waals surface area contributed by atoms with Gasteiger partial charge in [0.1, 0.15) is 0 Å². The first kappa shape index (κ1) is 19.8. The first-order valence-electron chi connectivity index (χ1n) is 8.60. The molecule has 144 valence electrons. The predicted octanol–water partition coefficient (Wildman–Crippen LogP) is 2.66. The van der Waals surface area contributed by atoms with Crippen LogP contribution in [0.3, 0.4) is 0 Å². The number of nitrogens with zero attached hydrogens (tertiary/aromatic N) is 2. The van der Waals surface area contributed by atoms with Gasteiger partial charge in [0.25, 0.3) is 5.91 Å². The quantitative estimate of drug-likeness (QED) is 0.692. The van der Waals surface area contributed by atoms with Crippen LogP contribution >= 0.6 is 22.9 Å². The number of urea groups is 1. The number of thiophene rings is 1. The van der Waals surface area contributed by atoms with Crippen molar-refractivity contribution in [1.29, 1.82) is 0 Å². The third-order valence-electron chi connectivity index (χ3n) is 4.55. The molecule has 27 heavy (non-hydrogen) atoms. The topological polar surface area (TPSA) is 72.9 Å². The molecule has 1 saturated heterocycles. The molecule has 0 aliphatic carbocycles. The van der Waals surface area contributed by atoms with Crippen LogP contribution in [0.25, 0.3) is 0 Å². The number of hydrogen-bond acceptors (Lipinski definition) is 5. The van der Waals surface area contributed by atoms with Gasteiger partial charge in [0, 0.05) is 18.0 Å². The van der Waals surface area contributed by atoms with E-state index in [1.165, 1.54) is 11.3 Å². The summed E-state index contributed by atoms with van der Waals surface area (Å²) in [5.74, 6) is -0.379. The Hall–Kier alpha value is -1.93. The lowest BCUT2D eigenvalue weighted by Crippen LogP contribution is -2.43. The van der Waals surface area contributed by atoms with E-state index in [-0.39, 0.29) is 12.5 Å². The zero-order chi connectivity index (χ0) is 19.6. The summed E-state index contributed by atoms with van der Waals surface area (Å²) in [4.78, 5) is 28.9. The number of carbonyl (C=O) groups is 2. The Bertz CT molecular complexity index is 829. The maximum absolute atomic E-state index is 12.8. The fourth-order valence-corrected chi connectivity index (χ4v) is 4.34. The molecule has 1 fully saturated rings.